The van der Waals surface area contributed by atoms with E-state index in [0.29, 0.717) is 69.2 Å². The van der Waals surface area contributed by atoms with E-state index in [-0.39, 0.29) is 17.5 Å². The summed E-state index contributed by atoms with van der Waals surface area (Å²) in [5.41, 5.74) is 3.03. The maximum atomic E-state index is 13.7. The quantitative estimate of drug-likeness (QED) is 0.148. The Morgan fingerprint density at radius 2 is 1.68 bits per heavy atom. The molecule has 0 unspecified atom stereocenters. The number of ether oxygens (including phenoxy) is 3. The standard InChI is InChI=1S/C37H33ClN4O5/c1-45-33-21-30-32(39-23-27-10-7-17-41(27)36(30)43)22-34(33)47-19-6-5-18-46-28-14-12-26(13-15-28)42-35(24-8-3-2-4-9-24)40-31-16-11-25(38)20-29(31)37(42)44/h2-4,8-9,11-16,20-23,27H,5-7,10,17-19H2,1H3/t27-/m0/s1. The van der Waals surface area contributed by atoms with Gasteiger partial charge in [0.2, 0.25) is 0 Å². The number of carbonyl (C=O) groups excluding carboxylic acids is 1. The minimum Gasteiger partial charge on any atom is -0.494 e. The molecule has 9 nitrogen and oxygen atoms in total. The molecule has 0 bridgehead atoms. The number of unbranched alkanes of at least 4 members (excludes halogenated alkanes) is 1. The lowest BCUT2D eigenvalue weighted by Gasteiger charge is -2.20. The molecule has 0 aliphatic carbocycles. The summed E-state index contributed by atoms with van der Waals surface area (Å²) in [6.45, 7) is 1.69. The smallest absolute Gasteiger partial charge is 0.266 e. The Morgan fingerprint density at radius 3 is 2.47 bits per heavy atom. The number of carbonyl (C=O) groups is 1. The monoisotopic (exact) mass is 648 g/mol. The van der Waals surface area contributed by atoms with E-state index >= 15 is 0 Å². The average molecular weight is 649 g/mol. The molecule has 1 amide bonds. The third-order valence-electron chi connectivity index (χ3n) is 8.48. The number of rotatable bonds is 10. The van der Waals surface area contributed by atoms with E-state index in [4.69, 9.17) is 30.8 Å². The van der Waals surface area contributed by atoms with Gasteiger partial charge in [-0.1, -0.05) is 41.9 Å². The Kier molecular flexibility index (Phi) is 8.63. The number of hydrogen-bond acceptors (Lipinski definition) is 7. The van der Waals surface area contributed by atoms with Gasteiger partial charge >= 0.3 is 0 Å². The van der Waals surface area contributed by atoms with Crippen molar-refractivity contribution in [3.05, 3.63) is 106 Å². The van der Waals surface area contributed by atoms with Gasteiger partial charge in [-0.05, 0) is 74.2 Å². The third-order valence-corrected chi connectivity index (χ3v) is 8.72. The molecule has 5 aromatic rings. The molecule has 7 rings (SSSR count). The summed E-state index contributed by atoms with van der Waals surface area (Å²) in [6.07, 6.45) is 5.29. The highest BCUT2D eigenvalue weighted by Crippen LogP contribution is 2.38. The number of halogens is 1. The van der Waals surface area contributed by atoms with Crippen molar-refractivity contribution in [3.63, 3.8) is 0 Å². The van der Waals surface area contributed by atoms with Crippen molar-refractivity contribution in [2.45, 2.75) is 31.7 Å². The zero-order chi connectivity index (χ0) is 32.3. The second kappa shape index (κ2) is 13.3. The Labute approximate surface area is 277 Å². The van der Waals surface area contributed by atoms with Crippen molar-refractivity contribution in [1.82, 2.24) is 14.5 Å². The number of methoxy groups -OCH3 is 1. The van der Waals surface area contributed by atoms with E-state index in [2.05, 4.69) is 4.99 Å². The van der Waals surface area contributed by atoms with Crippen LogP contribution in [0.15, 0.2) is 94.7 Å². The molecule has 0 radical (unpaired) electrons. The van der Waals surface area contributed by atoms with E-state index in [1.54, 1.807) is 42.0 Å². The fourth-order valence-corrected chi connectivity index (χ4v) is 6.24. The highest BCUT2D eigenvalue weighted by atomic mass is 35.5. The van der Waals surface area contributed by atoms with Gasteiger partial charge in [-0.2, -0.15) is 0 Å². The Hall–Kier alpha value is -5.15. The average Bonchev–Trinajstić information content (AvgIpc) is 3.53. The second-order valence-electron chi connectivity index (χ2n) is 11.5. The van der Waals surface area contributed by atoms with Gasteiger partial charge in [0.25, 0.3) is 11.5 Å². The molecule has 1 saturated heterocycles. The Morgan fingerprint density at radius 1 is 0.894 bits per heavy atom. The van der Waals surface area contributed by atoms with Crippen LogP contribution in [0, 0.1) is 0 Å². The Bertz CT molecular complexity index is 2030. The van der Waals surface area contributed by atoms with Crippen LogP contribution in [-0.2, 0) is 0 Å². The van der Waals surface area contributed by atoms with Crippen LogP contribution >= 0.6 is 11.6 Å². The van der Waals surface area contributed by atoms with Crippen molar-refractivity contribution in [1.29, 1.82) is 0 Å². The lowest BCUT2D eigenvalue weighted by atomic mass is 10.1. The zero-order valence-corrected chi connectivity index (χ0v) is 26.7. The van der Waals surface area contributed by atoms with Gasteiger partial charge in [0.1, 0.15) is 11.6 Å². The van der Waals surface area contributed by atoms with Crippen molar-refractivity contribution in [2.24, 2.45) is 4.99 Å². The maximum Gasteiger partial charge on any atom is 0.266 e. The number of fused-ring (bicyclic) bond motifs is 3. The number of hydrogen-bond donors (Lipinski definition) is 0. The van der Waals surface area contributed by atoms with E-state index in [1.165, 1.54) is 0 Å². The van der Waals surface area contributed by atoms with E-state index in [9.17, 15) is 9.59 Å². The molecule has 2 aliphatic rings. The molecule has 10 heteroatoms. The molecule has 2 aliphatic heterocycles. The molecule has 1 atom stereocenters. The number of amides is 1. The molecule has 47 heavy (non-hydrogen) atoms. The first-order valence-electron chi connectivity index (χ1n) is 15.7. The third kappa shape index (κ3) is 6.18. The summed E-state index contributed by atoms with van der Waals surface area (Å²) in [7, 11) is 1.57. The van der Waals surface area contributed by atoms with Crippen molar-refractivity contribution in [2.75, 3.05) is 26.9 Å². The molecular weight excluding hydrogens is 616 g/mol. The minimum absolute atomic E-state index is 0.0161. The van der Waals surface area contributed by atoms with Crippen LogP contribution in [0.1, 0.15) is 36.0 Å². The van der Waals surface area contributed by atoms with Crippen molar-refractivity contribution >= 4 is 40.3 Å². The van der Waals surface area contributed by atoms with Gasteiger partial charge in [0.05, 0.1) is 54.2 Å². The number of benzene rings is 4. The molecule has 238 valence electrons. The molecule has 0 N–H and O–H groups in total. The summed E-state index contributed by atoms with van der Waals surface area (Å²) in [5, 5.41) is 0.928. The Balaban J connectivity index is 0.990. The largest absolute Gasteiger partial charge is 0.494 e. The molecule has 4 aromatic carbocycles. The first kappa shape index (κ1) is 30.5. The van der Waals surface area contributed by atoms with Crippen LogP contribution in [0.2, 0.25) is 5.02 Å². The molecule has 0 spiro atoms. The molecule has 1 fully saturated rings. The van der Waals surface area contributed by atoms with Gasteiger partial charge in [-0.3, -0.25) is 19.1 Å². The van der Waals surface area contributed by atoms with Gasteiger partial charge in [-0.15, -0.1) is 0 Å². The first-order valence-corrected chi connectivity index (χ1v) is 16.1. The van der Waals surface area contributed by atoms with E-state index in [0.717, 1.165) is 37.8 Å². The first-order chi connectivity index (χ1) is 23.0. The summed E-state index contributed by atoms with van der Waals surface area (Å²) < 4.78 is 19.2. The van der Waals surface area contributed by atoms with Crippen LogP contribution in [0.5, 0.6) is 17.2 Å². The summed E-state index contributed by atoms with van der Waals surface area (Å²) >= 11 is 6.22. The van der Waals surface area contributed by atoms with Gasteiger partial charge in [0.15, 0.2) is 11.5 Å². The van der Waals surface area contributed by atoms with Crippen LogP contribution in [0.25, 0.3) is 28.0 Å². The summed E-state index contributed by atoms with van der Waals surface area (Å²) in [5.74, 6) is 2.30. The fourth-order valence-electron chi connectivity index (χ4n) is 6.07. The second-order valence-corrected chi connectivity index (χ2v) is 11.9. The number of aromatic nitrogens is 2. The topological polar surface area (TPSA) is 95.2 Å². The van der Waals surface area contributed by atoms with Crippen molar-refractivity contribution < 1.29 is 19.0 Å². The maximum absolute atomic E-state index is 13.7. The predicted octanol–water partition coefficient (Wildman–Crippen LogP) is 7.27. The van der Waals surface area contributed by atoms with Crippen LogP contribution in [0.3, 0.4) is 0 Å². The lowest BCUT2D eigenvalue weighted by Crippen LogP contribution is -2.35. The molecule has 3 heterocycles. The number of aliphatic imine (C=N–C) groups is 1. The molecule has 0 saturated carbocycles. The fraction of sp³-hybridized carbons (Fsp3) is 0.243. The summed E-state index contributed by atoms with van der Waals surface area (Å²) in [4.78, 5) is 38.1. The predicted molar refractivity (Wildman–Crippen MR) is 183 cm³/mol. The molecular formula is C37H33ClN4O5. The summed E-state index contributed by atoms with van der Waals surface area (Å²) in [6, 6.07) is 25.8. The SMILES string of the molecule is COc1cc2c(cc1OCCCCOc1ccc(-n3c(-c4ccccc4)nc4ccc(Cl)cc4c3=O)cc1)N=C[C@@H]1CCCN1C2=O. The van der Waals surface area contributed by atoms with Gasteiger partial charge < -0.3 is 19.1 Å². The van der Waals surface area contributed by atoms with Gasteiger partial charge in [-0.25, -0.2) is 4.98 Å². The van der Waals surface area contributed by atoms with E-state index in [1.807, 2.05) is 65.7 Å². The van der Waals surface area contributed by atoms with Crippen molar-refractivity contribution in [3.8, 4) is 34.3 Å². The highest BCUT2D eigenvalue weighted by Gasteiger charge is 2.32. The molecule has 1 aromatic heterocycles. The van der Waals surface area contributed by atoms with E-state index < -0.39 is 0 Å². The minimum atomic E-state index is -0.199. The van der Waals surface area contributed by atoms with Crippen LogP contribution in [-0.4, -0.2) is 59.5 Å². The van der Waals surface area contributed by atoms with Gasteiger partial charge in [0, 0.05) is 29.4 Å². The lowest BCUT2D eigenvalue weighted by molar-refractivity contribution is 0.0774. The highest BCUT2D eigenvalue weighted by molar-refractivity contribution is 6.31. The zero-order valence-electron chi connectivity index (χ0n) is 25.9. The van der Waals surface area contributed by atoms with Crippen LogP contribution < -0.4 is 19.8 Å². The van der Waals surface area contributed by atoms with Crippen LogP contribution in [0.4, 0.5) is 5.69 Å². The number of nitrogens with zero attached hydrogens (tertiary/aromatic N) is 4. The normalized spacial score (nSPS) is 15.3.